The molecule has 1 atom stereocenters. The highest BCUT2D eigenvalue weighted by atomic mass is 35.5. The van der Waals surface area contributed by atoms with Crippen molar-refractivity contribution in [2.75, 3.05) is 0 Å². The van der Waals surface area contributed by atoms with E-state index in [0.29, 0.717) is 5.76 Å². The highest BCUT2D eigenvalue weighted by Gasteiger charge is 2.18. The van der Waals surface area contributed by atoms with Gasteiger partial charge in [0.2, 0.25) is 0 Å². The summed E-state index contributed by atoms with van der Waals surface area (Å²) in [5, 5.41) is 3.64. The van der Waals surface area contributed by atoms with E-state index in [-0.39, 0.29) is 15.6 Å². The van der Waals surface area contributed by atoms with E-state index in [1.165, 1.54) is 6.07 Å². The van der Waals surface area contributed by atoms with Gasteiger partial charge in [-0.25, -0.2) is 4.39 Å². The molecule has 0 aliphatic rings. The van der Waals surface area contributed by atoms with Crippen LogP contribution in [-0.2, 0) is 0 Å². The lowest BCUT2D eigenvalue weighted by Crippen LogP contribution is -2.26. The Morgan fingerprint density at radius 2 is 1.91 bits per heavy atom. The summed E-state index contributed by atoms with van der Waals surface area (Å²) in [7, 11) is 0. The van der Waals surface area contributed by atoms with Gasteiger partial charge in [0, 0.05) is 5.39 Å². The molecule has 3 aromatic rings. The van der Waals surface area contributed by atoms with Gasteiger partial charge in [-0.1, -0.05) is 41.4 Å². The Hall–Kier alpha value is -2.04. The van der Waals surface area contributed by atoms with Gasteiger partial charge >= 0.3 is 0 Å². The molecule has 3 rings (SSSR count). The number of halogens is 3. The van der Waals surface area contributed by atoms with Crippen molar-refractivity contribution in [1.29, 1.82) is 0 Å². The number of hydrogen-bond donors (Lipinski definition) is 1. The van der Waals surface area contributed by atoms with E-state index in [0.717, 1.165) is 17.0 Å². The molecule has 2 aromatic carbocycles. The van der Waals surface area contributed by atoms with E-state index >= 15 is 0 Å². The van der Waals surface area contributed by atoms with Crippen LogP contribution in [0.1, 0.15) is 29.1 Å². The van der Waals surface area contributed by atoms with Crippen LogP contribution in [0.5, 0.6) is 0 Å². The average molecular weight is 352 g/mol. The second-order valence-corrected chi connectivity index (χ2v) is 5.94. The number of benzene rings is 2. The van der Waals surface area contributed by atoms with E-state index in [2.05, 4.69) is 5.32 Å². The first-order valence-electron chi connectivity index (χ1n) is 6.89. The van der Waals surface area contributed by atoms with Crippen molar-refractivity contribution < 1.29 is 13.6 Å². The maximum Gasteiger partial charge on any atom is 0.253 e. The molecule has 6 heteroatoms. The van der Waals surface area contributed by atoms with E-state index in [4.69, 9.17) is 27.6 Å². The second kappa shape index (κ2) is 6.22. The van der Waals surface area contributed by atoms with E-state index in [1.807, 2.05) is 30.3 Å². The minimum atomic E-state index is -0.697. The van der Waals surface area contributed by atoms with E-state index in [1.54, 1.807) is 6.92 Å². The molecule has 1 aromatic heterocycles. The molecular formula is C17H12Cl2FNO2. The molecule has 23 heavy (non-hydrogen) atoms. The number of nitrogens with one attached hydrogen (secondary N) is 1. The van der Waals surface area contributed by atoms with E-state index in [9.17, 15) is 9.18 Å². The number of para-hydroxylation sites is 1. The third kappa shape index (κ3) is 3.19. The fourth-order valence-electron chi connectivity index (χ4n) is 2.26. The lowest BCUT2D eigenvalue weighted by atomic mass is 10.1. The minimum Gasteiger partial charge on any atom is -0.459 e. The predicted molar refractivity (Wildman–Crippen MR) is 88.5 cm³/mol. The molecule has 1 unspecified atom stereocenters. The van der Waals surface area contributed by atoms with Crippen molar-refractivity contribution in [1.82, 2.24) is 5.32 Å². The molecule has 1 amide bonds. The van der Waals surface area contributed by atoms with Gasteiger partial charge in [-0.2, -0.15) is 0 Å². The molecule has 1 heterocycles. The first-order chi connectivity index (χ1) is 11.0. The van der Waals surface area contributed by atoms with Crippen LogP contribution in [0, 0.1) is 5.82 Å². The van der Waals surface area contributed by atoms with Crippen LogP contribution in [0.2, 0.25) is 10.0 Å². The standard InChI is InChI=1S/C17H12Cl2FNO2/c1-9(16-6-10-4-2-3-5-15(10)23-16)21-17(22)11-7-14(20)13(19)8-12(11)18/h2-9H,1H3,(H,21,22). The Kier molecular flexibility index (Phi) is 4.28. The molecular weight excluding hydrogens is 340 g/mol. The molecule has 0 saturated carbocycles. The summed E-state index contributed by atoms with van der Waals surface area (Å²) in [6.07, 6.45) is 0. The monoisotopic (exact) mass is 351 g/mol. The smallest absolute Gasteiger partial charge is 0.253 e. The molecule has 1 N–H and O–H groups in total. The number of fused-ring (bicyclic) bond motifs is 1. The van der Waals surface area contributed by atoms with Crippen molar-refractivity contribution in [3.63, 3.8) is 0 Å². The molecule has 0 saturated heterocycles. The minimum absolute atomic E-state index is 0.0246. The van der Waals surface area contributed by atoms with Gasteiger partial charge in [0.25, 0.3) is 5.91 Å². The number of rotatable bonds is 3. The second-order valence-electron chi connectivity index (χ2n) is 5.13. The number of carbonyl (C=O) groups is 1. The summed E-state index contributed by atoms with van der Waals surface area (Å²) in [5.41, 5.74) is 0.760. The predicted octanol–water partition coefficient (Wildman–Crippen LogP) is 5.37. The third-order valence-corrected chi connectivity index (χ3v) is 4.08. The molecule has 0 radical (unpaired) electrons. The highest BCUT2D eigenvalue weighted by Crippen LogP contribution is 2.26. The maximum atomic E-state index is 13.5. The molecule has 0 fully saturated rings. The zero-order chi connectivity index (χ0) is 16.6. The SMILES string of the molecule is CC(NC(=O)c1cc(F)c(Cl)cc1Cl)c1cc2ccccc2o1. The van der Waals surface area contributed by atoms with Gasteiger partial charge in [0.15, 0.2) is 0 Å². The van der Waals surface area contributed by atoms with E-state index < -0.39 is 17.8 Å². The van der Waals surface area contributed by atoms with Crippen LogP contribution in [0.4, 0.5) is 4.39 Å². The summed E-state index contributed by atoms with van der Waals surface area (Å²) in [4.78, 5) is 12.3. The van der Waals surface area contributed by atoms with Crippen molar-refractivity contribution >= 4 is 40.1 Å². The van der Waals surface area contributed by atoms with Gasteiger partial charge in [-0.15, -0.1) is 0 Å². The molecule has 0 spiro atoms. The van der Waals surface area contributed by atoms with Crippen molar-refractivity contribution in [3.05, 3.63) is 69.7 Å². The zero-order valence-electron chi connectivity index (χ0n) is 12.1. The Bertz CT molecular complexity index is 858. The van der Waals surface area contributed by atoms with Gasteiger partial charge in [-0.3, -0.25) is 4.79 Å². The Morgan fingerprint density at radius 1 is 1.17 bits per heavy atom. The van der Waals surface area contributed by atoms with Crippen molar-refractivity contribution in [2.24, 2.45) is 0 Å². The van der Waals surface area contributed by atoms with Gasteiger partial charge < -0.3 is 9.73 Å². The fraction of sp³-hybridized carbons (Fsp3) is 0.118. The number of carbonyl (C=O) groups excluding carboxylic acids is 1. The number of furan rings is 1. The summed E-state index contributed by atoms with van der Waals surface area (Å²) in [6.45, 7) is 1.77. The number of hydrogen-bond acceptors (Lipinski definition) is 2. The van der Waals surface area contributed by atoms with Crippen LogP contribution in [0.15, 0.2) is 46.9 Å². The van der Waals surface area contributed by atoms with Crippen LogP contribution in [-0.4, -0.2) is 5.91 Å². The Morgan fingerprint density at radius 3 is 2.65 bits per heavy atom. The third-order valence-electron chi connectivity index (χ3n) is 3.47. The molecule has 118 valence electrons. The van der Waals surface area contributed by atoms with Gasteiger partial charge in [0.05, 0.1) is 21.7 Å². The quantitative estimate of drug-likeness (QED) is 0.644. The lowest BCUT2D eigenvalue weighted by Gasteiger charge is -2.12. The zero-order valence-corrected chi connectivity index (χ0v) is 13.6. The summed E-state index contributed by atoms with van der Waals surface area (Å²) < 4.78 is 19.2. The summed E-state index contributed by atoms with van der Waals surface area (Å²) in [6, 6.07) is 11.2. The Labute approximate surface area is 142 Å². The fourth-order valence-corrected chi connectivity index (χ4v) is 2.73. The van der Waals surface area contributed by atoms with Crippen LogP contribution < -0.4 is 5.32 Å². The normalized spacial score (nSPS) is 12.3. The maximum absolute atomic E-state index is 13.5. The topological polar surface area (TPSA) is 42.2 Å². The first-order valence-corrected chi connectivity index (χ1v) is 7.65. The molecule has 0 bridgehead atoms. The molecule has 3 nitrogen and oxygen atoms in total. The largest absolute Gasteiger partial charge is 0.459 e. The molecule has 0 aliphatic heterocycles. The van der Waals surface area contributed by atoms with Crippen LogP contribution in [0.25, 0.3) is 11.0 Å². The van der Waals surface area contributed by atoms with Gasteiger partial charge in [-0.05, 0) is 31.2 Å². The van der Waals surface area contributed by atoms with Crippen molar-refractivity contribution in [3.8, 4) is 0 Å². The summed E-state index contributed by atoms with van der Waals surface area (Å²) in [5.74, 6) is -0.596. The van der Waals surface area contributed by atoms with Crippen LogP contribution in [0.3, 0.4) is 0 Å². The highest BCUT2D eigenvalue weighted by molar-refractivity contribution is 6.36. The number of amides is 1. The van der Waals surface area contributed by atoms with Crippen molar-refractivity contribution in [2.45, 2.75) is 13.0 Å². The van der Waals surface area contributed by atoms with Crippen LogP contribution >= 0.6 is 23.2 Å². The Balaban J connectivity index is 1.83. The molecule has 0 aliphatic carbocycles. The lowest BCUT2D eigenvalue weighted by molar-refractivity contribution is 0.0935. The first kappa shape index (κ1) is 15.8. The summed E-state index contributed by atoms with van der Waals surface area (Å²) >= 11 is 11.6. The average Bonchev–Trinajstić information content (AvgIpc) is 2.95. The van der Waals surface area contributed by atoms with Gasteiger partial charge in [0.1, 0.15) is 17.2 Å².